The molecule has 9 nitrogen and oxygen atoms in total. The number of amides is 1. The lowest BCUT2D eigenvalue weighted by atomic mass is 9.73. The molecule has 27 heavy (non-hydrogen) atoms. The van der Waals surface area contributed by atoms with E-state index in [-0.39, 0.29) is 12.0 Å². The number of ether oxygens (including phenoxy) is 1. The Hall–Kier alpha value is -2.37. The molecule has 1 saturated heterocycles. The zero-order valence-electron chi connectivity index (χ0n) is 14.5. The zero-order valence-corrected chi connectivity index (χ0v) is 16.6. The molecule has 2 fully saturated rings. The molecule has 1 aliphatic heterocycles. The van der Waals surface area contributed by atoms with Gasteiger partial charge in [0.2, 0.25) is 5.88 Å². The first-order chi connectivity index (χ1) is 13.0. The minimum absolute atomic E-state index is 0.0227. The fraction of sp³-hybridized carbons (Fsp3) is 0.412. The van der Waals surface area contributed by atoms with Crippen LogP contribution in [0.15, 0.2) is 24.8 Å². The van der Waals surface area contributed by atoms with Gasteiger partial charge in [-0.3, -0.25) is 4.68 Å². The lowest BCUT2D eigenvalue weighted by Crippen LogP contribution is -2.44. The Morgan fingerprint density at radius 3 is 2.89 bits per heavy atom. The van der Waals surface area contributed by atoms with Gasteiger partial charge in [0.1, 0.15) is 11.6 Å². The first-order valence-corrected chi connectivity index (χ1v) is 9.75. The van der Waals surface area contributed by atoms with Gasteiger partial charge in [0, 0.05) is 37.8 Å². The summed E-state index contributed by atoms with van der Waals surface area (Å²) in [5.74, 6) is 1.15. The van der Waals surface area contributed by atoms with E-state index in [2.05, 4.69) is 32.8 Å². The Kier molecular flexibility index (Phi) is 3.78. The second-order valence-electron chi connectivity index (χ2n) is 7.12. The van der Waals surface area contributed by atoms with Crippen LogP contribution in [-0.4, -0.2) is 59.7 Å². The van der Waals surface area contributed by atoms with Gasteiger partial charge in [-0.25, -0.2) is 14.3 Å². The Morgan fingerprint density at radius 2 is 2.15 bits per heavy atom. The van der Waals surface area contributed by atoms with Gasteiger partial charge in [-0.15, -0.1) is 0 Å². The Morgan fingerprint density at radius 1 is 1.30 bits per heavy atom. The maximum atomic E-state index is 11.2. The van der Waals surface area contributed by atoms with E-state index in [1.807, 2.05) is 19.4 Å². The number of aryl methyl sites for hydroxylation is 1. The second-order valence-corrected chi connectivity index (χ2v) is 8.29. The molecule has 0 unspecified atom stereocenters. The standard InChI is InChI=1S/C17H17IN6O3/c1-22-5-10(3-19-22)13-8-24-15(12(18)4-20-24)16(21-13)27-14-2-9-6-23(17(25)26)7-11(9)14/h3-5,8-9,11,14H,2,6-7H2,1H3,(H,25,26)/t9-,11+,14-/m1/s1. The predicted octanol–water partition coefficient (Wildman–Crippen LogP) is 2.11. The van der Waals surface area contributed by atoms with E-state index in [9.17, 15) is 9.90 Å². The van der Waals surface area contributed by atoms with Crippen molar-refractivity contribution < 1.29 is 14.6 Å². The maximum absolute atomic E-state index is 11.2. The van der Waals surface area contributed by atoms with Crippen molar-refractivity contribution in [2.24, 2.45) is 18.9 Å². The van der Waals surface area contributed by atoms with Crippen molar-refractivity contribution in [1.29, 1.82) is 0 Å². The van der Waals surface area contributed by atoms with Crippen molar-refractivity contribution >= 4 is 34.2 Å². The molecule has 3 aromatic heterocycles. The number of aromatic nitrogens is 5. The number of rotatable bonds is 3. The largest absolute Gasteiger partial charge is 0.472 e. The third kappa shape index (κ3) is 2.73. The van der Waals surface area contributed by atoms with Crippen LogP contribution < -0.4 is 4.74 Å². The van der Waals surface area contributed by atoms with Crippen LogP contribution in [0, 0.1) is 15.4 Å². The highest BCUT2D eigenvalue weighted by Crippen LogP contribution is 2.43. The Labute approximate surface area is 168 Å². The number of hydrogen-bond acceptors (Lipinski definition) is 5. The Balaban J connectivity index is 1.47. The zero-order chi connectivity index (χ0) is 18.7. The summed E-state index contributed by atoms with van der Waals surface area (Å²) in [6.45, 7) is 1.13. The molecule has 5 rings (SSSR count). The number of fused-ring (bicyclic) bond motifs is 2. The SMILES string of the molecule is Cn1cc(-c2cn3ncc(I)c3c(O[C@@H]3C[C@@H]4CN(C(=O)O)C[C@@H]43)n2)cn1. The van der Waals surface area contributed by atoms with E-state index in [1.165, 1.54) is 4.90 Å². The molecular weight excluding hydrogens is 463 g/mol. The summed E-state index contributed by atoms with van der Waals surface area (Å²) in [7, 11) is 1.86. The minimum atomic E-state index is -0.854. The van der Waals surface area contributed by atoms with Crippen LogP contribution in [-0.2, 0) is 7.05 Å². The van der Waals surface area contributed by atoms with Crippen molar-refractivity contribution in [2.45, 2.75) is 12.5 Å². The first kappa shape index (κ1) is 16.8. The predicted molar refractivity (Wildman–Crippen MR) is 104 cm³/mol. The summed E-state index contributed by atoms with van der Waals surface area (Å²) in [4.78, 5) is 17.4. The molecule has 0 spiro atoms. The highest BCUT2D eigenvalue weighted by atomic mass is 127. The second kappa shape index (κ2) is 6.08. The van der Waals surface area contributed by atoms with Crippen molar-refractivity contribution in [3.05, 3.63) is 28.4 Å². The molecule has 4 heterocycles. The quantitative estimate of drug-likeness (QED) is 0.577. The third-order valence-corrected chi connectivity index (χ3v) is 6.25. The summed E-state index contributed by atoms with van der Waals surface area (Å²) < 4.78 is 10.8. The van der Waals surface area contributed by atoms with E-state index in [4.69, 9.17) is 9.72 Å². The summed E-state index contributed by atoms with van der Waals surface area (Å²) in [5.41, 5.74) is 2.46. The molecular formula is C17H17IN6O3. The average Bonchev–Trinajstić information content (AvgIpc) is 3.30. The fourth-order valence-corrected chi connectivity index (χ4v) is 4.60. The van der Waals surface area contributed by atoms with Crippen LogP contribution in [0.5, 0.6) is 5.88 Å². The normalized spacial score (nSPS) is 24.1. The van der Waals surface area contributed by atoms with Gasteiger partial charge in [0.15, 0.2) is 0 Å². The van der Waals surface area contributed by atoms with Gasteiger partial charge in [-0.05, 0) is 34.9 Å². The van der Waals surface area contributed by atoms with Gasteiger partial charge >= 0.3 is 6.09 Å². The molecule has 1 aliphatic carbocycles. The molecule has 10 heteroatoms. The molecule has 1 saturated carbocycles. The number of hydrogen-bond donors (Lipinski definition) is 1. The molecule has 0 radical (unpaired) electrons. The van der Waals surface area contributed by atoms with Crippen LogP contribution in [0.1, 0.15) is 6.42 Å². The van der Waals surface area contributed by atoms with Crippen molar-refractivity contribution in [3.8, 4) is 17.1 Å². The van der Waals surface area contributed by atoms with Gasteiger partial charge in [-0.2, -0.15) is 10.2 Å². The van der Waals surface area contributed by atoms with Crippen LogP contribution >= 0.6 is 22.6 Å². The van der Waals surface area contributed by atoms with Crippen LogP contribution in [0.25, 0.3) is 16.8 Å². The summed E-state index contributed by atoms with van der Waals surface area (Å²) in [5, 5.41) is 17.8. The van der Waals surface area contributed by atoms with Gasteiger partial charge < -0.3 is 14.7 Å². The van der Waals surface area contributed by atoms with Crippen molar-refractivity contribution in [2.75, 3.05) is 13.1 Å². The van der Waals surface area contributed by atoms with E-state index < -0.39 is 6.09 Å². The molecule has 1 amide bonds. The molecule has 1 N–H and O–H groups in total. The summed E-state index contributed by atoms with van der Waals surface area (Å²) in [6, 6.07) is 0. The van der Waals surface area contributed by atoms with Crippen molar-refractivity contribution in [1.82, 2.24) is 29.3 Å². The highest BCUT2D eigenvalue weighted by Gasteiger charge is 2.50. The van der Waals surface area contributed by atoms with E-state index in [1.54, 1.807) is 21.6 Å². The number of carboxylic acid groups (broad SMARTS) is 1. The molecule has 2 aliphatic rings. The lowest BCUT2D eigenvalue weighted by Gasteiger charge is -2.38. The molecule has 140 valence electrons. The van der Waals surface area contributed by atoms with Crippen LogP contribution in [0.2, 0.25) is 0 Å². The number of halogens is 1. The fourth-order valence-electron chi connectivity index (χ4n) is 4.00. The summed E-state index contributed by atoms with van der Waals surface area (Å²) >= 11 is 2.22. The molecule has 0 bridgehead atoms. The van der Waals surface area contributed by atoms with Gasteiger partial charge in [0.25, 0.3) is 0 Å². The lowest BCUT2D eigenvalue weighted by molar-refractivity contribution is 0.0142. The third-order valence-electron chi connectivity index (χ3n) is 5.46. The molecule has 0 aromatic carbocycles. The first-order valence-electron chi connectivity index (χ1n) is 8.67. The van der Waals surface area contributed by atoms with Crippen molar-refractivity contribution in [3.63, 3.8) is 0 Å². The molecule has 3 atom stereocenters. The number of carbonyl (C=O) groups is 1. The van der Waals surface area contributed by atoms with E-state index in [0.29, 0.717) is 24.9 Å². The highest BCUT2D eigenvalue weighted by molar-refractivity contribution is 14.1. The number of likely N-dealkylation sites (tertiary alicyclic amines) is 1. The maximum Gasteiger partial charge on any atom is 0.407 e. The minimum Gasteiger partial charge on any atom is -0.472 e. The van der Waals surface area contributed by atoms with Gasteiger partial charge in [0.05, 0.1) is 27.9 Å². The van der Waals surface area contributed by atoms with E-state index in [0.717, 1.165) is 26.8 Å². The smallest absolute Gasteiger partial charge is 0.407 e. The number of nitrogens with zero attached hydrogens (tertiary/aromatic N) is 6. The van der Waals surface area contributed by atoms with Gasteiger partial charge in [-0.1, -0.05) is 0 Å². The van der Waals surface area contributed by atoms with Crippen LogP contribution in [0.3, 0.4) is 0 Å². The molecule has 3 aromatic rings. The monoisotopic (exact) mass is 480 g/mol. The summed E-state index contributed by atoms with van der Waals surface area (Å²) in [6.07, 6.45) is 7.28. The topological polar surface area (TPSA) is 97.8 Å². The Bertz CT molecular complexity index is 1050. The van der Waals surface area contributed by atoms with E-state index >= 15 is 0 Å². The van der Waals surface area contributed by atoms with Crippen LogP contribution in [0.4, 0.5) is 4.79 Å². The average molecular weight is 480 g/mol.